The van der Waals surface area contributed by atoms with Crippen molar-refractivity contribution in [2.45, 2.75) is 32.7 Å². The molecule has 0 aliphatic heterocycles. The maximum Gasteiger partial charge on any atom is 0.178 e. The molecule has 1 N–H and O–H groups in total. The summed E-state index contributed by atoms with van der Waals surface area (Å²) in [6.45, 7) is 12.7. The first-order chi connectivity index (χ1) is 9.51. The molecule has 0 saturated heterocycles. The first kappa shape index (κ1) is 18.8. The van der Waals surface area contributed by atoms with Gasteiger partial charge >= 0.3 is 0 Å². The third-order valence-corrected chi connectivity index (χ3v) is 3.62. The first-order valence-corrected chi connectivity index (χ1v) is 7.15. The standard InChI is InChI=1S/C17H30NO2/c1-7-14(3)9-11-18(5)17(15(4)13-19)16(8-2)10-12-20-6/h7,9,11,16-17,19H,1,4,8,10,12-13H2,2-3,5-6H3/q+1/b14-9+,18-11?. The van der Waals surface area contributed by atoms with Crippen LogP contribution in [0, 0.1) is 5.92 Å². The molecule has 0 aromatic rings. The van der Waals surface area contributed by atoms with E-state index in [-0.39, 0.29) is 12.6 Å². The maximum absolute atomic E-state index is 9.44. The van der Waals surface area contributed by atoms with Gasteiger partial charge in [0.25, 0.3) is 0 Å². The Morgan fingerprint density at radius 1 is 1.45 bits per heavy atom. The molecule has 0 spiro atoms. The summed E-state index contributed by atoms with van der Waals surface area (Å²) < 4.78 is 7.31. The van der Waals surface area contributed by atoms with Crippen LogP contribution in [0.5, 0.6) is 0 Å². The highest BCUT2D eigenvalue weighted by atomic mass is 16.5. The number of aliphatic hydroxyl groups is 1. The number of ether oxygens (including phenoxy) is 1. The number of nitrogens with zero attached hydrogens (tertiary/aromatic N) is 1. The molecule has 20 heavy (non-hydrogen) atoms. The summed E-state index contributed by atoms with van der Waals surface area (Å²) in [6.07, 6.45) is 7.85. The third kappa shape index (κ3) is 6.31. The summed E-state index contributed by atoms with van der Waals surface area (Å²) in [5.41, 5.74) is 1.95. The van der Waals surface area contributed by atoms with Crippen LogP contribution >= 0.6 is 0 Å². The van der Waals surface area contributed by atoms with Crippen molar-refractivity contribution in [1.82, 2.24) is 0 Å². The van der Waals surface area contributed by atoms with E-state index in [2.05, 4.69) is 24.7 Å². The van der Waals surface area contributed by atoms with Crippen molar-refractivity contribution >= 4 is 6.21 Å². The molecular formula is C17H30NO2+. The van der Waals surface area contributed by atoms with Gasteiger partial charge in [-0.05, 0) is 25.3 Å². The van der Waals surface area contributed by atoms with Gasteiger partial charge in [0, 0.05) is 31.3 Å². The minimum Gasteiger partial charge on any atom is -0.392 e. The topological polar surface area (TPSA) is 32.5 Å². The highest BCUT2D eigenvalue weighted by Crippen LogP contribution is 2.21. The summed E-state index contributed by atoms with van der Waals surface area (Å²) >= 11 is 0. The highest BCUT2D eigenvalue weighted by Gasteiger charge is 2.29. The minimum atomic E-state index is 0.0104. The predicted molar refractivity (Wildman–Crippen MR) is 86.5 cm³/mol. The van der Waals surface area contributed by atoms with Gasteiger partial charge in [-0.2, -0.15) is 0 Å². The second-order valence-electron chi connectivity index (χ2n) is 5.14. The zero-order valence-corrected chi connectivity index (χ0v) is 13.4. The zero-order valence-electron chi connectivity index (χ0n) is 13.4. The molecule has 0 saturated carbocycles. The molecule has 0 aliphatic carbocycles. The Morgan fingerprint density at radius 2 is 2.10 bits per heavy atom. The van der Waals surface area contributed by atoms with E-state index in [0.717, 1.165) is 30.6 Å². The largest absolute Gasteiger partial charge is 0.392 e. The Bertz CT molecular complexity index is 369. The fourth-order valence-corrected chi connectivity index (χ4v) is 2.30. The lowest BCUT2D eigenvalue weighted by Gasteiger charge is -2.23. The number of likely N-dealkylation sites (N-methyl/N-ethyl adjacent to an activating group) is 1. The van der Waals surface area contributed by atoms with Crippen LogP contribution in [0.4, 0.5) is 0 Å². The summed E-state index contributed by atoms with van der Waals surface area (Å²) in [5, 5.41) is 9.44. The van der Waals surface area contributed by atoms with E-state index in [1.165, 1.54) is 0 Å². The molecule has 3 nitrogen and oxygen atoms in total. The average molecular weight is 280 g/mol. The van der Waals surface area contributed by atoms with Crippen molar-refractivity contribution < 1.29 is 14.4 Å². The molecule has 0 amide bonds. The smallest absolute Gasteiger partial charge is 0.178 e. The molecule has 0 aromatic heterocycles. The van der Waals surface area contributed by atoms with Crippen LogP contribution < -0.4 is 0 Å². The van der Waals surface area contributed by atoms with Crippen LogP contribution in [0.2, 0.25) is 0 Å². The fourth-order valence-electron chi connectivity index (χ4n) is 2.30. The van der Waals surface area contributed by atoms with E-state index in [9.17, 15) is 5.11 Å². The Morgan fingerprint density at radius 3 is 2.55 bits per heavy atom. The molecular weight excluding hydrogens is 250 g/mol. The van der Waals surface area contributed by atoms with Gasteiger partial charge in [-0.25, -0.2) is 4.58 Å². The molecule has 0 bridgehead atoms. The first-order valence-electron chi connectivity index (χ1n) is 7.15. The fraction of sp³-hybridized carbons (Fsp3) is 0.588. The Labute approximate surface area is 124 Å². The second-order valence-corrected chi connectivity index (χ2v) is 5.14. The Kier molecular flexibility index (Phi) is 9.95. The normalized spacial score (nSPS) is 15.8. The van der Waals surface area contributed by atoms with Crippen molar-refractivity contribution in [3.63, 3.8) is 0 Å². The SMILES string of the molecule is C=C/C(C)=C/C=[N+](C)C(C(=C)CO)C(CC)CCOC. The summed E-state index contributed by atoms with van der Waals surface area (Å²) in [5.74, 6) is 0.410. The van der Waals surface area contributed by atoms with Gasteiger partial charge in [-0.3, -0.25) is 0 Å². The zero-order chi connectivity index (χ0) is 15.5. The van der Waals surface area contributed by atoms with Crippen LogP contribution in [-0.4, -0.2) is 49.3 Å². The van der Waals surface area contributed by atoms with E-state index in [1.54, 1.807) is 7.11 Å². The lowest BCUT2D eigenvalue weighted by atomic mass is 9.88. The van der Waals surface area contributed by atoms with E-state index < -0.39 is 0 Å². The van der Waals surface area contributed by atoms with E-state index in [4.69, 9.17) is 4.74 Å². The average Bonchev–Trinajstić information content (AvgIpc) is 2.47. The van der Waals surface area contributed by atoms with Crippen molar-refractivity contribution in [1.29, 1.82) is 0 Å². The van der Waals surface area contributed by atoms with Crippen LogP contribution in [0.3, 0.4) is 0 Å². The van der Waals surface area contributed by atoms with Crippen LogP contribution in [-0.2, 0) is 4.74 Å². The van der Waals surface area contributed by atoms with Crippen LogP contribution in [0.1, 0.15) is 26.7 Å². The molecule has 0 aromatic carbocycles. The third-order valence-electron chi connectivity index (χ3n) is 3.62. The molecule has 0 heterocycles. The minimum absolute atomic E-state index is 0.0104. The van der Waals surface area contributed by atoms with E-state index >= 15 is 0 Å². The lowest BCUT2D eigenvalue weighted by molar-refractivity contribution is -0.533. The molecule has 0 fully saturated rings. The molecule has 0 aliphatic rings. The number of aliphatic hydroxyl groups excluding tert-OH is 1. The van der Waals surface area contributed by atoms with Gasteiger partial charge in [0.05, 0.1) is 6.61 Å². The monoisotopic (exact) mass is 280 g/mol. The van der Waals surface area contributed by atoms with Gasteiger partial charge < -0.3 is 9.84 Å². The molecule has 0 rings (SSSR count). The highest BCUT2D eigenvalue weighted by molar-refractivity contribution is 5.68. The number of hydrogen-bond donors (Lipinski definition) is 1. The van der Waals surface area contributed by atoms with Crippen molar-refractivity contribution in [3.05, 3.63) is 36.5 Å². The number of allylic oxidation sites excluding steroid dienone is 3. The van der Waals surface area contributed by atoms with Crippen molar-refractivity contribution in [2.75, 3.05) is 27.4 Å². The van der Waals surface area contributed by atoms with Crippen LogP contribution in [0.15, 0.2) is 36.5 Å². The molecule has 2 atom stereocenters. The van der Waals surface area contributed by atoms with Crippen molar-refractivity contribution in [2.24, 2.45) is 5.92 Å². The molecule has 2 unspecified atom stereocenters. The Hall–Kier alpha value is -1.19. The summed E-state index contributed by atoms with van der Waals surface area (Å²) in [6, 6.07) is 0.119. The summed E-state index contributed by atoms with van der Waals surface area (Å²) in [7, 11) is 3.74. The predicted octanol–water partition coefficient (Wildman–Crippen LogP) is 2.81. The van der Waals surface area contributed by atoms with Gasteiger partial charge in [-0.15, -0.1) is 0 Å². The van der Waals surface area contributed by atoms with Crippen LogP contribution in [0.25, 0.3) is 0 Å². The van der Waals surface area contributed by atoms with Gasteiger partial charge in [0.1, 0.15) is 7.05 Å². The van der Waals surface area contributed by atoms with Crippen molar-refractivity contribution in [3.8, 4) is 0 Å². The number of hydrogen-bond acceptors (Lipinski definition) is 2. The van der Waals surface area contributed by atoms with E-state index in [1.807, 2.05) is 32.3 Å². The van der Waals surface area contributed by atoms with Gasteiger partial charge in [0.2, 0.25) is 0 Å². The molecule has 0 radical (unpaired) electrons. The lowest BCUT2D eigenvalue weighted by Crippen LogP contribution is -2.35. The quantitative estimate of drug-likeness (QED) is 0.289. The second kappa shape index (κ2) is 10.6. The number of rotatable bonds is 10. The summed E-state index contributed by atoms with van der Waals surface area (Å²) in [4.78, 5) is 0. The molecule has 114 valence electrons. The Balaban J connectivity index is 5.21. The maximum atomic E-state index is 9.44. The molecule has 3 heteroatoms. The van der Waals surface area contributed by atoms with E-state index in [0.29, 0.717) is 5.92 Å². The van der Waals surface area contributed by atoms with Gasteiger partial charge in [0.15, 0.2) is 12.3 Å². The number of methoxy groups -OCH3 is 1. The van der Waals surface area contributed by atoms with Gasteiger partial charge in [-0.1, -0.05) is 26.2 Å².